The van der Waals surface area contributed by atoms with Crippen molar-refractivity contribution in [3.8, 4) is 0 Å². The number of halogens is 1. The SMILES string of the molecule is Cn1ccc2cc(C3N=c4ccccc4=CN3c3ccc(Cl)cc3)ccc21. The Balaban J connectivity index is 1.70. The van der Waals surface area contributed by atoms with Crippen LogP contribution in [0.15, 0.2) is 84.0 Å². The Morgan fingerprint density at radius 1 is 0.926 bits per heavy atom. The van der Waals surface area contributed by atoms with Crippen molar-refractivity contribution in [2.75, 3.05) is 4.90 Å². The van der Waals surface area contributed by atoms with Crippen molar-refractivity contribution < 1.29 is 0 Å². The van der Waals surface area contributed by atoms with Crippen molar-refractivity contribution in [2.24, 2.45) is 12.0 Å². The minimum absolute atomic E-state index is 0.120. The van der Waals surface area contributed by atoms with E-state index in [0.717, 1.165) is 26.8 Å². The topological polar surface area (TPSA) is 20.5 Å². The van der Waals surface area contributed by atoms with E-state index < -0.39 is 0 Å². The molecule has 0 amide bonds. The fraction of sp³-hybridized carbons (Fsp3) is 0.0870. The second kappa shape index (κ2) is 6.29. The highest BCUT2D eigenvalue weighted by molar-refractivity contribution is 6.30. The summed E-state index contributed by atoms with van der Waals surface area (Å²) in [6.45, 7) is 0. The van der Waals surface area contributed by atoms with Crippen molar-refractivity contribution in [1.29, 1.82) is 0 Å². The smallest absolute Gasteiger partial charge is 0.151 e. The lowest BCUT2D eigenvalue weighted by atomic mass is 10.1. The molecule has 132 valence electrons. The van der Waals surface area contributed by atoms with Crippen molar-refractivity contribution in [3.63, 3.8) is 0 Å². The molecule has 3 aromatic carbocycles. The highest BCUT2D eigenvalue weighted by atomic mass is 35.5. The molecular formula is C23H18ClN3. The molecule has 27 heavy (non-hydrogen) atoms. The molecule has 1 unspecified atom stereocenters. The molecule has 0 saturated carbocycles. The summed E-state index contributed by atoms with van der Waals surface area (Å²) in [5.41, 5.74) is 3.45. The zero-order valence-electron chi connectivity index (χ0n) is 14.9. The minimum atomic E-state index is -0.120. The first-order chi connectivity index (χ1) is 13.2. The van der Waals surface area contributed by atoms with Crippen LogP contribution in [0.5, 0.6) is 0 Å². The number of hydrogen-bond donors (Lipinski definition) is 0. The Morgan fingerprint density at radius 3 is 2.59 bits per heavy atom. The predicted molar refractivity (Wildman–Crippen MR) is 111 cm³/mol. The van der Waals surface area contributed by atoms with Gasteiger partial charge in [0.1, 0.15) is 0 Å². The molecule has 0 spiro atoms. The van der Waals surface area contributed by atoms with E-state index in [2.05, 4.69) is 65.3 Å². The van der Waals surface area contributed by atoms with Crippen LogP contribution >= 0.6 is 11.6 Å². The Bertz CT molecular complexity index is 1260. The molecule has 5 rings (SSSR count). The van der Waals surface area contributed by atoms with Gasteiger partial charge < -0.3 is 9.47 Å². The van der Waals surface area contributed by atoms with Crippen molar-refractivity contribution >= 4 is 34.4 Å². The fourth-order valence-electron chi connectivity index (χ4n) is 3.65. The number of nitrogens with zero attached hydrogens (tertiary/aromatic N) is 3. The summed E-state index contributed by atoms with van der Waals surface area (Å²) < 4.78 is 2.13. The number of aryl methyl sites for hydroxylation is 1. The van der Waals surface area contributed by atoms with Crippen molar-refractivity contribution in [1.82, 2.24) is 4.57 Å². The van der Waals surface area contributed by atoms with Crippen molar-refractivity contribution in [2.45, 2.75) is 6.17 Å². The van der Waals surface area contributed by atoms with Crippen LogP contribution in [0.25, 0.3) is 17.1 Å². The predicted octanol–water partition coefficient (Wildman–Crippen LogP) is 4.41. The molecule has 3 nitrogen and oxygen atoms in total. The lowest BCUT2D eigenvalue weighted by Crippen LogP contribution is -2.37. The largest absolute Gasteiger partial charge is 0.351 e. The van der Waals surface area contributed by atoms with E-state index in [4.69, 9.17) is 16.6 Å². The Hall–Kier alpha value is -3.04. The molecule has 0 aliphatic carbocycles. The maximum atomic E-state index is 6.10. The van der Waals surface area contributed by atoms with Crippen LogP contribution in [0, 0.1) is 0 Å². The second-order valence-electron chi connectivity index (χ2n) is 6.82. The number of anilines is 1. The summed E-state index contributed by atoms with van der Waals surface area (Å²) in [5, 5.41) is 4.08. The van der Waals surface area contributed by atoms with Gasteiger partial charge in [0.25, 0.3) is 0 Å². The zero-order chi connectivity index (χ0) is 18.4. The van der Waals surface area contributed by atoms with Gasteiger partial charge in [-0.15, -0.1) is 0 Å². The van der Waals surface area contributed by atoms with Gasteiger partial charge in [-0.05, 0) is 59.5 Å². The molecule has 1 aliphatic heterocycles. The average molecular weight is 372 g/mol. The molecule has 1 aliphatic rings. The van der Waals surface area contributed by atoms with Crippen LogP contribution in [0.3, 0.4) is 0 Å². The summed E-state index contributed by atoms with van der Waals surface area (Å²) in [4.78, 5) is 7.28. The van der Waals surface area contributed by atoms with Crippen LogP contribution in [0.4, 0.5) is 5.69 Å². The van der Waals surface area contributed by atoms with Gasteiger partial charge in [-0.1, -0.05) is 35.9 Å². The van der Waals surface area contributed by atoms with Crippen LogP contribution in [0.1, 0.15) is 11.7 Å². The Labute approximate surface area is 162 Å². The first-order valence-corrected chi connectivity index (χ1v) is 9.30. The number of para-hydroxylation sites is 1. The normalized spacial score (nSPS) is 15.9. The summed E-state index contributed by atoms with van der Waals surface area (Å²) in [6, 6.07) is 24.9. The third-order valence-corrected chi connectivity index (χ3v) is 5.32. The number of rotatable bonds is 2. The first kappa shape index (κ1) is 16.2. The number of benzene rings is 3. The van der Waals surface area contributed by atoms with Gasteiger partial charge in [0, 0.05) is 40.9 Å². The highest BCUT2D eigenvalue weighted by Gasteiger charge is 2.21. The summed E-state index contributed by atoms with van der Waals surface area (Å²) in [5.74, 6) is 0. The summed E-state index contributed by atoms with van der Waals surface area (Å²) >= 11 is 6.10. The standard InChI is InChI=1S/C23H18ClN3/c1-26-13-12-16-14-17(6-11-22(16)26)23-25-21-5-3-2-4-18(21)15-27(23)20-9-7-19(24)8-10-20/h2-15,23H,1H3. The zero-order valence-corrected chi connectivity index (χ0v) is 15.6. The Morgan fingerprint density at radius 2 is 1.74 bits per heavy atom. The molecule has 1 atom stereocenters. The van der Waals surface area contributed by atoms with Crippen molar-refractivity contribution in [3.05, 3.63) is 100 Å². The first-order valence-electron chi connectivity index (χ1n) is 8.93. The van der Waals surface area contributed by atoms with Gasteiger partial charge >= 0.3 is 0 Å². The van der Waals surface area contributed by atoms with Gasteiger partial charge in [-0.25, -0.2) is 0 Å². The lowest BCUT2D eigenvalue weighted by Gasteiger charge is -2.30. The van der Waals surface area contributed by atoms with Gasteiger partial charge in [-0.2, -0.15) is 0 Å². The fourth-order valence-corrected chi connectivity index (χ4v) is 3.78. The maximum absolute atomic E-state index is 6.10. The second-order valence-corrected chi connectivity index (χ2v) is 7.26. The molecule has 4 heteroatoms. The van der Waals surface area contributed by atoms with Crippen LogP contribution in [-0.2, 0) is 7.05 Å². The van der Waals surface area contributed by atoms with E-state index >= 15 is 0 Å². The summed E-state index contributed by atoms with van der Waals surface area (Å²) in [7, 11) is 2.07. The maximum Gasteiger partial charge on any atom is 0.151 e. The van der Waals surface area contributed by atoms with E-state index in [1.54, 1.807) is 0 Å². The summed E-state index contributed by atoms with van der Waals surface area (Å²) in [6.07, 6.45) is 4.14. The van der Waals surface area contributed by atoms with E-state index in [1.807, 2.05) is 36.4 Å². The number of fused-ring (bicyclic) bond motifs is 2. The van der Waals surface area contributed by atoms with Gasteiger partial charge in [0.15, 0.2) is 6.17 Å². The molecule has 0 N–H and O–H groups in total. The third kappa shape index (κ3) is 2.81. The monoisotopic (exact) mass is 371 g/mol. The number of aromatic nitrogens is 1. The number of hydrogen-bond acceptors (Lipinski definition) is 2. The van der Waals surface area contributed by atoms with E-state index in [1.165, 1.54) is 10.9 Å². The average Bonchev–Trinajstić information content (AvgIpc) is 3.08. The van der Waals surface area contributed by atoms with E-state index in [9.17, 15) is 0 Å². The van der Waals surface area contributed by atoms with Gasteiger partial charge in [-0.3, -0.25) is 4.99 Å². The van der Waals surface area contributed by atoms with E-state index in [-0.39, 0.29) is 6.17 Å². The third-order valence-electron chi connectivity index (χ3n) is 5.07. The molecule has 0 saturated heterocycles. The van der Waals surface area contributed by atoms with Gasteiger partial charge in [0.2, 0.25) is 0 Å². The molecule has 0 bridgehead atoms. The molecule has 0 radical (unpaired) electrons. The lowest BCUT2D eigenvalue weighted by molar-refractivity contribution is 0.715. The van der Waals surface area contributed by atoms with Crippen LogP contribution < -0.4 is 15.5 Å². The molecule has 2 heterocycles. The Kier molecular flexibility index (Phi) is 3.76. The highest BCUT2D eigenvalue weighted by Crippen LogP contribution is 2.32. The molecule has 4 aromatic rings. The van der Waals surface area contributed by atoms with Crippen LogP contribution in [-0.4, -0.2) is 4.57 Å². The molecule has 0 fully saturated rings. The minimum Gasteiger partial charge on any atom is -0.351 e. The quantitative estimate of drug-likeness (QED) is 0.511. The van der Waals surface area contributed by atoms with E-state index in [0.29, 0.717) is 0 Å². The molecule has 1 aromatic heterocycles. The van der Waals surface area contributed by atoms with Crippen LogP contribution in [0.2, 0.25) is 5.02 Å². The van der Waals surface area contributed by atoms with Gasteiger partial charge in [0.05, 0.1) is 5.36 Å². The molecular weight excluding hydrogens is 354 g/mol.